The van der Waals surface area contributed by atoms with Crippen LogP contribution in [0, 0.1) is 16.1 Å². The summed E-state index contributed by atoms with van der Waals surface area (Å²) in [5, 5.41) is 9.91. The first-order chi connectivity index (χ1) is 9.60. The van der Waals surface area contributed by atoms with Gasteiger partial charge in [0.25, 0.3) is 0 Å². The van der Waals surface area contributed by atoms with Crippen LogP contribution in [-0.4, -0.2) is 9.55 Å². The molecule has 1 aromatic heterocycles. The number of rotatable bonds is 1. The zero-order valence-corrected chi connectivity index (χ0v) is 12.4. The molecule has 0 saturated heterocycles. The van der Waals surface area contributed by atoms with Crippen molar-refractivity contribution in [1.29, 1.82) is 5.26 Å². The largest absolute Gasteiger partial charge is 0.330 e. The first kappa shape index (κ1) is 13.2. The quantitative estimate of drug-likeness (QED) is 0.650. The van der Waals surface area contributed by atoms with Gasteiger partial charge in [-0.3, -0.25) is 4.57 Å². The number of nitrogens with one attached hydrogen (secondary N) is 1. The van der Waals surface area contributed by atoms with Crippen molar-refractivity contribution < 1.29 is 0 Å². The molecule has 6 heteroatoms. The molecule has 0 spiro atoms. The molecule has 0 aliphatic heterocycles. The normalized spacial score (nSPS) is 10.7. The summed E-state index contributed by atoms with van der Waals surface area (Å²) in [7, 11) is 0. The Morgan fingerprint density at radius 2 is 1.90 bits per heavy atom. The Kier molecular flexibility index (Phi) is 3.27. The van der Waals surface area contributed by atoms with E-state index in [9.17, 15) is 0 Å². The first-order valence-electron chi connectivity index (χ1n) is 5.70. The van der Waals surface area contributed by atoms with Crippen LogP contribution in [0.15, 0.2) is 36.4 Å². The van der Waals surface area contributed by atoms with Crippen molar-refractivity contribution in [2.75, 3.05) is 0 Å². The van der Waals surface area contributed by atoms with Crippen LogP contribution in [0.1, 0.15) is 5.56 Å². The number of hydrogen-bond acceptors (Lipinski definition) is 2. The number of nitrogens with zero attached hydrogens (tertiary/aromatic N) is 2. The number of nitriles is 1. The summed E-state index contributed by atoms with van der Waals surface area (Å²) in [4.78, 5) is 3.08. The van der Waals surface area contributed by atoms with Gasteiger partial charge in [0.1, 0.15) is 0 Å². The molecule has 0 amide bonds. The second-order valence-corrected chi connectivity index (χ2v) is 5.41. The van der Waals surface area contributed by atoms with Crippen molar-refractivity contribution >= 4 is 46.5 Å². The summed E-state index contributed by atoms with van der Waals surface area (Å²) < 4.78 is 2.35. The number of H-pyrrole nitrogens is 1. The predicted octanol–water partition coefficient (Wildman–Crippen LogP) is 4.87. The molecule has 3 nitrogen and oxygen atoms in total. The van der Waals surface area contributed by atoms with Gasteiger partial charge >= 0.3 is 0 Å². The van der Waals surface area contributed by atoms with E-state index in [4.69, 9.17) is 40.7 Å². The van der Waals surface area contributed by atoms with Crippen LogP contribution in [0.2, 0.25) is 10.0 Å². The van der Waals surface area contributed by atoms with E-state index in [1.807, 2.05) is 16.7 Å². The van der Waals surface area contributed by atoms with Gasteiger partial charge in [-0.2, -0.15) is 5.26 Å². The van der Waals surface area contributed by atoms with E-state index >= 15 is 0 Å². The Balaban J connectivity index is 2.36. The van der Waals surface area contributed by atoms with Crippen molar-refractivity contribution in [1.82, 2.24) is 9.55 Å². The zero-order valence-electron chi connectivity index (χ0n) is 10.0. The summed E-state index contributed by atoms with van der Waals surface area (Å²) in [5.74, 6) is 0. The maximum absolute atomic E-state index is 8.99. The van der Waals surface area contributed by atoms with Gasteiger partial charge in [-0.1, -0.05) is 29.3 Å². The van der Waals surface area contributed by atoms with Crippen LogP contribution < -0.4 is 0 Å². The second-order valence-electron chi connectivity index (χ2n) is 4.21. The average molecular weight is 320 g/mol. The van der Waals surface area contributed by atoms with Crippen LogP contribution in [0.4, 0.5) is 0 Å². The summed E-state index contributed by atoms with van der Waals surface area (Å²) in [6, 6.07) is 12.8. The average Bonchev–Trinajstić information content (AvgIpc) is 2.74. The van der Waals surface area contributed by atoms with Crippen LogP contribution in [0.3, 0.4) is 0 Å². The number of imidazole rings is 1. The van der Waals surface area contributed by atoms with Gasteiger partial charge in [0.2, 0.25) is 0 Å². The topological polar surface area (TPSA) is 44.5 Å². The smallest absolute Gasteiger partial charge is 0.182 e. The molecule has 3 rings (SSSR count). The number of aromatic amines is 1. The molecule has 1 heterocycles. The van der Waals surface area contributed by atoms with Crippen molar-refractivity contribution in [2.24, 2.45) is 0 Å². The fraction of sp³-hybridized carbons (Fsp3) is 0. The van der Waals surface area contributed by atoms with Crippen molar-refractivity contribution in [3.63, 3.8) is 0 Å². The highest BCUT2D eigenvalue weighted by molar-refractivity contribution is 7.71. The summed E-state index contributed by atoms with van der Waals surface area (Å²) in [6.45, 7) is 0. The molecule has 3 aromatic rings. The molecule has 0 saturated carbocycles. The molecular weight excluding hydrogens is 313 g/mol. The molecule has 20 heavy (non-hydrogen) atoms. The highest BCUT2D eigenvalue weighted by Crippen LogP contribution is 2.29. The van der Waals surface area contributed by atoms with Gasteiger partial charge in [-0.25, -0.2) is 0 Å². The van der Waals surface area contributed by atoms with Crippen LogP contribution in [0.5, 0.6) is 0 Å². The number of hydrogen-bond donors (Lipinski definition) is 1. The van der Waals surface area contributed by atoms with Gasteiger partial charge in [-0.05, 0) is 42.5 Å². The van der Waals surface area contributed by atoms with E-state index in [0.29, 0.717) is 20.4 Å². The van der Waals surface area contributed by atoms with Gasteiger partial charge in [0.15, 0.2) is 4.77 Å². The van der Waals surface area contributed by atoms with Gasteiger partial charge < -0.3 is 4.98 Å². The van der Waals surface area contributed by atoms with Crippen molar-refractivity contribution in [3.05, 3.63) is 56.8 Å². The van der Waals surface area contributed by atoms with E-state index < -0.39 is 0 Å². The lowest BCUT2D eigenvalue weighted by Crippen LogP contribution is -1.94. The third-order valence-corrected chi connectivity index (χ3v) is 3.96. The maximum atomic E-state index is 8.99. The highest BCUT2D eigenvalue weighted by atomic mass is 35.5. The summed E-state index contributed by atoms with van der Waals surface area (Å²) >= 11 is 17.4. The van der Waals surface area contributed by atoms with Gasteiger partial charge in [0, 0.05) is 5.69 Å². The number of halogens is 2. The van der Waals surface area contributed by atoms with E-state index in [1.54, 1.807) is 24.3 Å². The molecule has 1 N–H and O–H groups in total. The number of fused-ring (bicyclic) bond motifs is 1. The van der Waals surface area contributed by atoms with Crippen molar-refractivity contribution in [2.45, 2.75) is 0 Å². The molecule has 0 bridgehead atoms. The molecule has 0 atom stereocenters. The lowest BCUT2D eigenvalue weighted by atomic mass is 10.2. The maximum Gasteiger partial charge on any atom is 0.182 e. The van der Waals surface area contributed by atoms with E-state index in [0.717, 1.165) is 16.7 Å². The molecule has 2 aromatic carbocycles. The molecule has 0 aliphatic rings. The lowest BCUT2D eigenvalue weighted by Gasteiger charge is -2.05. The minimum absolute atomic E-state index is 0.457. The van der Waals surface area contributed by atoms with E-state index in [2.05, 4.69) is 11.1 Å². The molecular formula is C14H7Cl2N3S. The standard InChI is InChI=1S/C14H7Cl2N3S/c15-10-5-12-13(6-11(10)16)19(14(20)18-12)9-3-1-2-8(4-9)7-17/h1-6H,(H,18,20). The fourth-order valence-electron chi connectivity index (χ4n) is 2.07. The number of benzene rings is 2. The first-order valence-corrected chi connectivity index (χ1v) is 6.87. The molecule has 0 aliphatic carbocycles. The molecule has 0 fully saturated rings. The Labute approximate surface area is 130 Å². The van der Waals surface area contributed by atoms with Gasteiger partial charge in [-0.15, -0.1) is 0 Å². The second kappa shape index (κ2) is 4.95. The van der Waals surface area contributed by atoms with Crippen LogP contribution >= 0.6 is 35.4 Å². The van der Waals surface area contributed by atoms with E-state index in [-0.39, 0.29) is 0 Å². The lowest BCUT2D eigenvalue weighted by molar-refractivity contribution is 1.06. The predicted molar refractivity (Wildman–Crippen MR) is 83.2 cm³/mol. The summed E-state index contributed by atoms with van der Waals surface area (Å²) in [6.07, 6.45) is 0. The zero-order chi connectivity index (χ0) is 14.3. The summed E-state index contributed by atoms with van der Waals surface area (Å²) in [5.41, 5.74) is 2.99. The minimum Gasteiger partial charge on any atom is -0.330 e. The van der Waals surface area contributed by atoms with Gasteiger partial charge in [0.05, 0.1) is 32.7 Å². The molecule has 0 unspecified atom stereocenters. The minimum atomic E-state index is 0.457. The third-order valence-electron chi connectivity index (χ3n) is 2.96. The van der Waals surface area contributed by atoms with E-state index in [1.165, 1.54) is 0 Å². The molecule has 0 radical (unpaired) electrons. The third kappa shape index (κ3) is 2.10. The Morgan fingerprint density at radius 1 is 1.15 bits per heavy atom. The Morgan fingerprint density at radius 3 is 2.65 bits per heavy atom. The SMILES string of the molecule is N#Cc1cccc(-n2c(=S)[nH]c3cc(Cl)c(Cl)cc32)c1. The van der Waals surface area contributed by atoms with Crippen LogP contribution in [-0.2, 0) is 0 Å². The Hall–Kier alpha value is -1.80. The molecule has 98 valence electrons. The van der Waals surface area contributed by atoms with Crippen LogP contribution in [0.25, 0.3) is 16.7 Å². The van der Waals surface area contributed by atoms with Crippen molar-refractivity contribution in [3.8, 4) is 11.8 Å². The number of aromatic nitrogens is 2. The monoisotopic (exact) mass is 319 g/mol. The highest BCUT2D eigenvalue weighted by Gasteiger charge is 2.10. The fourth-order valence-corrected chi connectivity index (χ4v) is 2.71. The Bertz CT molecular complexity index is 918.